The van der Waals surface area contributed by atoms with Gasteiger partial charge in [0, 0.05) is 6.54 Å². The van der Waals surface area contributed by atoms with E-state index in [0.29, 0.717) is 18.7 Å². The molecule has 4 nitrogen and oxygen atoms in total. The first-order valence-corrected chi connectivity index (χ1v) is 6.87. The number of rotatable bonds is 2. The molecule has 1 aromatic carbocycles. The van der Waals surface area contributed by atoms with Crippen molar-refractivity contribution < 1.29 is 17.6 Å². The first-order chi connectivity index (χ1) is 8.01. The van der Waals surface area contributed by atoms with E-state index in [1.807, 2.05) is 0 Å². The molecule has 1 fully saturated rings. The minimum Gasteiger partial charge on any atom is -0.284 e. The Morgan fingerprint density at radius 3 is 2.76 bits per heavy atom. The molecule has 1 saturated heterocycles. The van der Waals surface area contributed by atoms with Crippen LogP contribution in [0.2, 0.25) is 0 Å². The predicted molar refractivity (Wildman–Crippen MR) is 60.2 cm³/mol. The molecule has 0 amide bonds. The lowest BCUT2D eigenvalue weighted by Gasteiger charge is -2.25. The summed E-state index contributed by atoms with van der Waals surface area (Å²) in [4.78, 5) is 5.09. The van der Waals surface area contributed by atoms with Crippen molar-refractivity contribution in [2.75, 3.05) is 13.2 Å². The Labute approximate surface area is 100 Å². The van der Waals surface area contributed by atoms with E-state index in [0.717, 1.165) is 23.4 Å². The van der Waals surface area contributed by atoms with Crippen LogP contribution in [-0.2, 0) is 14.9 Å². The maximum absolute atomic E-state index is 13.1. The molecule has 1 aromatic rings. The van der Waals surface area contributed by atoms with E-state index in [1.165, 1.54) is 12.1 Å². The van der Waals surface area contributed by atoms with Gasteiger partial charge in [-0.25, -0.2) is 12.8 Å². The zero-order valence-corrected chi connectivity index (χ0v) is 10.3. The molecule has 1 aliphatic heterocycles. The number of nitrogens with zero attached hydrogens (tertiary/aromatic N) is 1. The highest BCUT2D eigenvalue weighted by atomic mass is 32.2. The number of benzene rings is 1. The fourth-order valence-corrected chi connectivity index (χ4v) is 3.26. The second-order valence-corrected chi connectivity index (χ2v) is 5.78. The molecular formula is C11H14FNO3S. The van der Waals surface area contributed by atoms with Gasteiger partial charge in [-0.1, -0.05) is 10.5 Å². The van der Waals surface area contributed by atoms with Crippen molar-refractivity contribution in [1.29, 1.82) is 0 Å². The molecule has 0 atom stereocenters. The third-order valence-corrected chi connectivity index (χ3v) is 4.49. The van der Waals surface area contributed by atoms with Gasteiger partial charge in [0.25, 0.3) is 10.0 Å². The molecule has 0 aromatic heterocycles. The lowest BCUT2D eigenvalue weighted by Crippen LogP contribution is -2.36. The summed E-state index contributed by atoms with van der Waals surface area (Å²) in [6.45, 7) is 2.34. The highest BCUT2D eigenvalue weighted by Crippen LogP contribution is 2.23. The molecule has 0 unspecified atom stereocenters. The Balaban J connectivity index is 2.40. The maximum Gasteiger partial charge on any atom is 0.265 e. The Morgan fingerprint density at radius 1 is 1.35 bits per heavy atom. The van der Waals surface area contributed by atoms with Crippen LogP contribution >= 0.6 is 0 Å². The molecule has 1 aliphatic rings. The SMILES string of the molecule is Cc1ccc(F)cc1S(=O)(=O)N1CCCCO1. The lowest BCUT2D eigenvalue weighted by molar-refractivity contribution is -0.108. The topological polar surface area (TPSA) is 46.6 Å². The van der Waals surface area contributed by atoms with Gasteiger partial charge in [0.15, 0.2) is 0 Å². The molecule has 1 heterocycles. The van der Waals surface area contributed by atoms with Gasteiger partial charge in [-0.3, -0.25) is 4.84 Å². The Hall–Kier alpha value is -0.980. The van der Waals surface area contributed by atoms with Crippen LogP contribution in [0, 0.1) is 12.7 Å². The van der Waals surface area contributed by atoms with Crippen molar-refractivity contribution in [3.05, 3.63) is 29.6 Å². The lowest BCUT2D eigenvalue weighted by atomic mass is 10.2. The van der Waals surface area contributed by atoms with Gasteiger partial charge in [0.1, 0.15) is 5.82 Å². The van der Waals surface area contributed by atoms with E-state index in [2.05, 4.69) is 0 Å². The highest BCUT2D eigenvalue weighted by Gasteiger charge is 2.28. The molecule has 0 radical (unpaired) electrons. The number of hydrogen-bond donors (Lipinski definition) is 0. The van der Waals surface area contributed by atoms with Crippen molar-refractivity contribution in [2.45, 2.75) is 24.7 Å². The summed E-state index contributed by atoms with van der Waals surface area (Å²) in [5.74, 6) is -0.564. The van der Waals surface area contributed by atoms with Gasteiger partial charge in [-0.05, 0) is 37.5 Å². The van der Waals surface area contributed by atoms with Crippen molar-refractivity contribution in [2.24, 2.45) is 0 Å². The molecule has 0 N–H and O–H groups in total. The quantitative estimate of drug-likeness (QED) is 0.814. The maximum atomic E-state index is 13.1. The molecule has 0 saturated carbocycles. The van der Waals surface area contributed by atoms with Gasteiger partial charge >= 0.3 is 0 Å². The predicted octanol–water partition coefficient (Wildman–Crippen LogP) is 1.85. The number of hydroxylamine groups is 1. The van der Waals surface area contributed by atoms with Gasteiger partial charge in [-0.15, -0.1) is 0 Å². The Bertz CT molecular complexity index is 509. The molecule has 94 valence electrons. The van der Waals surface area contributed by atoms with E-state index in [9.17, 15) is 12.8 Å². The molecule has 2 rings (SSSR count). The van der Waals surface area contributed by atoms with E-state index >= 15 is 0 Å². The summed E-state index contributed by atoms with van der Waals surface area (Å²) >= 11 is 0. The largest absolute Gasteiger partial charge is 0.284 e. The monoisotopic (exact) mass is 259 g/mol. The summed E-state index contributed by atoms with van der Waals surface area (Å²) in [5.41, 5.74) is 0.514. The van der Waals surface area contributed by atoms with Crippen molar-refractivity contribution >= 4 is 10.0 Å². The number of aryl methyl sites for hydroxylation is 1. The van der Waals surface area contributed by atoms with Crippen LogP contribution in [0.4, 0.5) is 4.39 Å². The van der Waals surface area contributed by atoms with Gasteiger partial charge in [0.05, 0.1) is 11.5 Å². The van der Waals surface area contributed by atoms with Gasteiger partial charge < -0.3 is 0 Å². The fraction of sp³-hybridized carbons (Fsp3) is 0.455. The average molecular weight is 259 g/mol. The Kier molecular flexibility index (Phi) is 3.46. The second kappa shape index (κ2) is 4.72. The first kappa shape index (κ1) is 12.5. The zero-order chi connectivity index (χ0) is 12.5. The molecular weight excluding hydrogens is 245 g/mol. The van der Waals surface area contributed by atoms with Crippen LogP contribution in [0.5, 0.6) is 0 Å². The van der Waals surface area contributed by atoms with Gasteiger partial charge in [-0.2, -0.15) is 0 Å². The summed E-state index contributed by atoms with van der Waals surface area (Å²) in [6.07, 6.45) is 1.60. The molecule has 6 heteroatoms. The van der Waals surface area contributed by atoms with E-state index in [-0.39, 0.29) is 4.90 Å². The fourth-order valence-electron chi connectivity index (χ4n) is 1.72. The van der Waals surface area contributed by atoms with Crippen LogP contribution in [-0.4, -0.2) is 26.0 Å². The summed E-state index contributed by atoms with van der Waals surface area (Å²) in [5, 5.41) is 0. The third kappa shape index (κ3) is 2.48. The van der Waals surface area contributed by atoms with Crippen molar-refractivity contribution in [1.82, 2.24) is 4.47 Å². The van der Waals surface area contributed by atoms with E-state index in [4.69, 9.17) is 4.84 Å². The zero-order valence-electron chi connectivity index (χ0n) is 9.52. The summed E-state index contributed by atoms with van der Waals surface area (Å²) in [6, 6.07) is 3.72. The van der Waals surface area contributed by atoms with Crippen molar-refractivity contribution in [3.63, 3.8) is 0 Å². The Morgan fingerprint density at radius 2 is 2.12 bits per heavy atom. The molecule has 0 bridgehead atoms. The number of hydrogen-bond acceptors (Lipinski definition) is 3. The molecule has 17 heavy (non-hydrogen) atoms. The minimum atomic E-state index is -3.74. The molecule has 0 spiro atoms. The first-order valence-electron chi connectivity index (χ1n) is 5.43. The second-order valence-electron chi connectivity index (χ2n) is 3.98. The molecule has 0 aliphatic carbocycles. The van der Waals surface area contributed by atoms with Crippen LogP contribution in [0.3, 0.4) is 0 Å². The third-order valence-electron chi connectivity index (χ3n) is 2.67. The standard InChI is InChI=1S/C11H14FNO3S/c1-9-4-5-10(12)8-11(9)17(14,15)13-6-2-3-7-16-13/h4-5,8H,2-3,6-7H2,1H3. The summed E-state index contributed by atoms with van der Waals surface area (Å²) in [7, 11) is -3.74. The van der Waals surface area contributed by atoms with Crippen LogP contribution in [0.15, 0.2) is 23.1 Å². The average Bonchev–Trinajstić information content (AvgIpc) is 2.33. The number of sulfonamides is 1. The van der Waals surface area contributed by atoms with Gasteiger partial charge in [0.2, 0.25) is 0 Å². The minimum absolute atomic E-state index is 0.0283. The smallest absolute Gasteiger partial charge is 0.265 e. The van der Waals surface area contributed by atoms with Crippen molar-refractivity contribution in [3.8, 4) is 0 Å². The van der Waals surface area contributed by atoms with Crippen LogP contribution in [0.1, 0.15) is 18.4 Å². The normalized spacial score (nSPS) is 18.2. The highest BCUT2D eigenvalue weighted by molar-refractivity contribution is 7.89. The van der Waals surface area contributed by atoms with Crippen LogP contribution in [0.25, 0.3) is 0 Å². The number of halogens is 1. The van der Waals surface area contributed by atoms with Crippen LogP contribution < -0.4 is 0 Å². The summed E-state index contributed by atoms with van der Waals surface area (Å²) < 4.78 is 38.5. The van der Waals surface area contributed by atoms with E-state index < -0.39 is 15.8 Å². The van der Waals surface area contributed by atoms with E-state index in [1.54, 1.807) is 6.92 Å².